The molecule has 0 spiro atoms. The maximum atomic E-state index is 12.4. The topological polar surface area (TPSA) is 88.0 Å². The van der Waals surface area contributed by atoms with E-state index in [4.69, 9.17) is 9.84 Å². The van der Waals surface area contributed by atoms with Gasteiger partial charge in [-0.3, -0.25) is 4.79 Å². The number of carbonyl (C=O) groups excluding carboxylic acids is 1. The highest BCUT2D eigenvalue weighted by atomic mass is 79.9. The van der Waals surface area contributed by atoms with Gasteiger partial charge in [0.15, 0.2) is 6.61 Å². The molecule has 0 heterocycles. The van der Waals surface area contributed by atoms with E-state index in [-0.39, 0.29) is 5.91 Å². The first-order valence-corrected chi connectivity index (χ1v) is 8.79. The normalized spacial score (nSPS) is 10.9. The maximum absolute atomic E-state index is 12.4. The number of carboxylic acids is 1. The Balaban J connectivity index is 1.69. The van der Waals surface area contributed by atoms with E-state index in [2.05, 4.69) is 26.5 Å². The van der Waals surface area contributed by atoms with Crippen molar-refractivity contribution in [2.45, 2.75) is 0 Å². The first-order valence-electron chi connectivity index (χ1n) is 8.00. The van der Waals surface area contributed by atoms with E-state index in [1.54, 1.807) is 24.3 Å². The number of rotatable bonds is 6. The molecule has 0 radical (unpaired) electrons. The highest BCUT2D eigenvalue weighted by Gasteiger charge is 2.08. The van der Waals surface area contributed by atoms with Crippen molar-refractivity contribution in [2.75, 3.05) is 6.61 Å². The summed E-state index contributed by atoms with van der Waals surface area (Å²) in [7, 11) is 0. The van der Waals surface area contributed by atoms with E-state index in [0.717, 1.165) is 10.8 Å². The van der Waals surface area contributed by atoms with E-state index >= 15 is 0 Å². The van der Waals surface area contributed by atoms with Crippen molar-refractivity contribution in [2.24, 2.45) is 5.10 Å². The summed E-state index contributed by atoms with van der Waals surface area (Å²) < 4.78 is 5.72. The molecule has 0 aliphatic carbocycles. The molecule has 0 aliphatic heterocycles. The third kappa shape index (κ3) is 4.71. The van der Waals surface area contributed by atoms with E-state index in [1.165, 1.54) is 6.21 Å². The van der Waals surface area contributed by atoms with Crippen molar-refractivity contribution in [1.82, 2.24) is 5.43 Å². The van der Waals surface area contributed by atoms with Gasteiger partial charge in [-0.05, 0) is 56.5 Å². The Morgan fingerprint density at radius 1 is 1.11 bits per heavy atom. The number of aliphatic carboxylic acids is 1. The molecule has 2 N–H and O–H groups in total. The fourth-order valence-corrected chi connectivity index (χ4v) is 3.01. The Hall–Kier alpha value is -3.19. The van der Waals surface area contributed by atoms with E-state index in [0.29, 0.717) is 21.3 Å². The molecule has 1 amide bonds. The number of ether oxygens (including phenoxy) is 1. The number of amides is 1. The number of halogens is 1. The summed E-state index contributed by atoms with van der Waals surface area (Å²) in [5.74, 6) is -0.943. The number of carbonyl (C=O) groups is 2. The molecule has 136 valence electrons. The number of benzene rings is 3. The molecule has 0 aromatic heterocycles. The van der Waals surface area contributed by atoms with Gasteiger partial charge < -0.3 is 9.84 Å². The van der Waals surface area contributed by atoms with Gasteiger partial charge in [-0.25, -0.2) is 10.2 Å². The zero-order valence-corrected chi connectivity index (χ0v) is 15.6. The molecule has 6 nitrogen and oxygen atoms in total. The fraction of sp³-hybridized carbons (Fsp3) is 0.0500. The molecule has 0 aliphatic rings. The summed E-state index contributed by atoms with van der Waals surface area (Å²) in [5.41, 5.74) is 3.78. The Labute approximate surface area is 163 Å². The predicted molar refractivity (Wildman–Crippen MR) is 106 cm³/mol. The van der Waals surface area contributed by atoms with Crippen LogP contribution in [0.15, 0.2) is 70.2 Å². The van der Waals surface area contributed by atoms with E-state index in [9.17, 15) is 9.59 Å². The van der Waals surface area contributed by atoms with Crippen molar-refractivity contribution in [1.29, 1.82) is 0 Å². The molecule has 3 aromatic carbocycles. The van der Waals surface area contributed by atoms with Gasteiger partial charge in [0.25, 0.3) is 5.91 Å². The molecule has 0 fully saturated rings. The first kappa shape index (κ1) is 18.6. The van der Waals surface area contributed by atoms with Gasteiger partial charge in [-0.15, -0.1) is 0 Å². The number of nitrogens with one attached hydrogen (secondary N) is 1. The van der Waals surface area contributed by atoms with Gasteiger partial charge in [0, 0.05) is 5.56 Å². The van der Waals surface area contributed by atoms with Gasteiger partial charge in [-0.2, -0.15) is 5.10 Å². The van der Waals surface area contributed by atoms with Gasteiger partial charge in [0.05, 0.1) is 10.7 Å². The fourth-order valence-electron chi connectivity index (χ4n) is 2.50. The smallest absolute Gasteiger partial charge is 0.341 e. The lowest BCUT2D eigenvalue weighted by Gasteiger charge is -2.06. The van der Waals surface area contributed by atoms with Crippen molar-refractivity contribution < 1.29 is 19.4 Å². The van der Waals surface area contributed by atoms with Crippen molar-refractivity contribution in [3.63, 3.8) is 0 Å². The predicted octanol–water partition coefficient (Wildman–Crippen LogP) is 3.83. The van der Waals surface area contributed by atoms with Crippen LogP contribution in [0.3, 0.4) is 0 Å². The lowest BCUT2D eigenvalue weighted by atomic mass is 10.0. The zero-order chi connectivity index (χ0) is 19.2. The van der Waals surface area contributed by atoms with Gasteiger partial charge >= 0.3 is 5.97 Å². The van der Waals surface area contributed by atoms with Crippen LogP contribution in [0.1, 0.15) is 15.9 Å². The highest BCUT2D eigenvalue weighted by molar-refractivity contribution is 9.10. The largest absolute Gasteiger partial charge is 0.481 e. The second-order valence-electron chi connectivity index (χ2n) is 5.60. The molecule has 0 saturated carbocycles. The van der Waals surface area contributed by atoms with Crippen LogP contribution in [0.5, 0.6) is 5.75 Å². The van der Waals surface area contributed by atoms with Gasteiger partial charge in [-0.1, -0.05) is 36.4 Å². The lowest BCUT2D eigenvalue weighted by Crippen LogP contribution is -2.17. The minimum atomic E-state index is -1.05. The summed E-state index contributed by atoms with van der Waals surface area (Å²) in [4.78, 5) is 23.0. The number of hydrogen-bond acceptors (Lipinski definition) is 4. The molecule has 27 heavy (non-hydrogen) atoms. The van der Waals surface area contributed by atoms with Crippen LogP contribution in [0.4, 0.5) is 0 Å². The Morgan fingerprint density at radius 3 is 2.67 bits per heavy atom. The van der Waals surface area contributed by atoms with Crippen molar-refractivity contribution in [3.8, 4) is 5.75 Å². The SMILES string of the molecule is O=C(O)COc1ccc(C=NNC(=O)c2cccc3ccccc23)cc1Br. The molecule has 3 rings (SSSR count). The van der Waals surface area contributed by atoms with E-state index in [1.807, 2.05) is 36.4 Å². The van der Waals surface area contributed by atoms with Crippen LogP contribution >= 0.6 is 15.9 Å². The molecule has 3 aromatic rings. The molecule has 0 saturated heterocycles. The molecule has 0 unspecified atom stereocenters. The highest BCUT2D eigenvalue weighted by Crippen LogP contribution is 2.25. The minimum absolute atomic E-state index is 0.302. The third-order valence-corrected chi connectivity index (χ3v) is 4.34. The molecule has 0 atom stereocenters. The van der Waals surface area contributed by atoms with Crippen molar-refractivity contribution >= 4 is 44.8 Å². The number of hydrazone groups is 1. The average molecular weight is 427 g/mol. The van der Waals surface area contributed by atoms with Crippen molar-refractivity contribution in [3.05, 3.63) is 76.3 Å². The number of carboxylic acid groups (broad SMARTS) is 1. The number of fused-ring (bicyclic) bond motifs is 1. The van der Waals surface area contributed by atoms with Gasteiger partial charge in [0.2, 0.25) is 0 Å². The summed E-state index contributed by atoms with van der Waals surface area (Å²) >= 11 is 3.32. The second-order valence-corrected chi connectivity index (χ2v) is 6.45. The van der Waals surface area contributed by atoms with Gasteiger partial charge in [0.1, 0.15) is 5.75 Å². The molecular weight excluding hydrogens is 412 g/mol. The molecule has 0 bridgehead atoms. The Bertz CT molecular complexity index is 1030. The quantitative estimate of drug-likeness (QED) is 0.463. The standard InChI is InChI=1S/C20H15BrN2O4/c21-17-10-13(8-9-18(17)27-12-19(24)25)11-22-23-20(26)16-7-3-5-14-4-1-2-6-15(14)16/h1-11H,12H2,(H,23,26)(H,24,25). The average Bonchev–Trinajstić information content (AvgIpc) is 2.66. The summed E-state index contributed by atoms with van der Waals surface area (Å²) in [5, 5.41) is 14.5. The summed E-state index contributed by atoms with van der Waals surface area (Å²) in [6.07, 6.45) is 1.49. The van der Waals surface area contributed by atoms with Crippen LogP contribution in [0.2, 0.25) is 0 Å². The number of nitrogens with zero attached hydrogens (tertiary/aromatic N) is 1. The summed E-state index contributed by atoms with van der Waals surface area (Å²) in [6, 6.07) is 18.2. The van der Waals surface area contributed by atoms with Crippen LogP contribution < -0.4 is 10.2 Å². The molecular formula is C20H15BrN2O4. The monoisotopic (exact) mass is 426 g/mol. The zero-order valence-electron chi connectivity index (χ0n) is 14.1. The molecule has 7 heteroatoms. The summed E-state index contributed by atoms with van der Waals surface area (Å²) in [6.45, 7) is -0.423. The Kier molecular flexibility index (Phi) is 5.83. The van der Waals surface area contributed by atoms with Crippen LogP contribution in [-0.2, 0) is 4.79 Å². The van der Waals surface area contributed by atoms with Crippen LogP contribution in [-0.4, -0.2) is 29.8 Å². The Morgan fingerprint density at radius 2 is 1.89 bits per heavy atom. The minimum Gasteiger partial charge on any atom is -0.481 e. The maximum Gasteiger partial charge on any atom is 0.341 e. The van der Waals surface area contributed by atoms with E-state index < -0.39 is 12.6 Å². The van der Waals surface area contributed by atoms with Crippen LogP contribution in [0.25, 0.3) is 10.8 Å². The lowest BCUT2D eigenvalue weighted by molar-refractivity contribution is -0.139. The van der Waals surface area contributed by atoms with Crippen LogP contribution in [0, 0.1) is 0 Å². The first-order chi connectivity index (χ1) is 13.0. The second kappa shape index (κ2) is 8.46. The number of hydrogen-bond donors (Lipinski definition) is 2. The third-order valence-electron chi connectivity index (χ3n) is 3.72.